The third-order valence-corrected chi connectivity index (χ3v) is 3.59. The van der Waals surface area contributed by atoms with E-state index in [9.17, 15) is 8.60 Å². The lowest BCUT2D eigenvalue weighted by Crippen LogP contribution is -2.15. The van der Waals surface area contributed by atoms with E-state index in [0.29, 0.717) is 17.1 Å². The van der Waals surface area contributed by atoms with Crippen molar-refractivity contribution in [1.82, 2.24) is 20.2 Å². The monoisotopic (exact) mass is 283 g/mol. The summed E-state index contributed by atoms with van der Waals surface area (Å²) in [6, 6.07) is 4.19. The molecular formula is C11H14FN5OS. The molecule has 2 atom stereocenters. The van der Waals surface area contributed by atoms with E-state index in [1.54, 1.807) is 17.0 Å². The van der Waals surface area contributed by atoms with Crippen LogP contribution in [0.4, 0.5) is 10.1 Å². The molecule has 0 saturated carbocycles. The Morgan fingerprint density at radius 1 is 1.53 bits per heavy atom. The zero-order valence-corrected chi connectivity index (χ0v) is 11.4. The first kappa shape index (κ1) is 13.6. The number of halogens is 1. The Morgan fingerprint density at radius 2 is 2.26 bits per heavy atom. The Labute approximate surface area is 112 Å². The Hall–Kier alpha value is -1.83. The third-order valence-electron chi connectivity index (χ3n) is 2.64. The molecule has 102 valence electrons. The molecule has 2 unspecified atom stereocenters. The number of nitrogens with zero attached hydrogens (tertiary/aromatic N) is 4. The predicted octanol–water partition coefficient (Wildman–Crippen LogP) is 1.00. The van der Waals surface area contributed by atoms with Crippen molar-refractivity contribution in [2.24, 2.45) is 0 Å². The van der Waals surface area contributed by atoms with Crippen molar-refractivity contribution in [3.8, 4) is 11.4 Å². The minimum Gasteiger partial charge on any atom is -0.396 e. The first-order valence-electron chi connectivity index (χ1n) is 5.62. The van der Waals surface area contributed by atoms with Gasteiger partial charge < -0.3 is 5.73 Å². The van der Waals surface area contributed by atoms with Crippen molar-refractivity contribution in [2.75, 3.05) is 17.7 Å². The minimum atomic E-state index is -0.954. The number of hydrogen-bond acceptors (Lipinski definition) is 5. The maximum absolute atomic E-state index is 13.1. The fourth-order valence-corrected chi connectivity index (χ4v) is 2.59. The van der Waals surface area contributed by atoms with Crippen LogP contribution >= 0.6 is 0 Å². The molecule has 2 N–H and O–H groups in total. The first-order valence-corrected chi connectivity index (χ1v) is 7.35. The summed E-state index contributed by atoms with van der Waals surface area (Å²) in [5.74, 6) is 0.435. The van der Waals surface area contributed by atoms with Crippen molar-refractivity contribution in [3.63, 3.8) is 0 Å². The summed E-state index contributed by atoms with van der Waals surface area (Å²) in [7, 11) is -0.954. The fourth-order valence-electron chi connectivity index (χ4n) is 1.77. The number of tetrazole rings is 1. The summed E-state index contributed by atoms with van der Waals surface area (Å²) in [6.07, 6.45) is 1.62. The molecule has 6 nitrogen and oxygen atoms in total. The van der Waals surface area contributed by atoms with Gasteiger partial charge in [-0.3, -0.25) is 4.21 Å². The summed E-state index contributed by atoms with van der Waals surface area (Å²) in [4.78, 5) is 0. The van der Waals surface area contributed by atoms with Crippen molar-refractivity contribution in [3.05, 3.63) is 24.0 Å². The molecule has 1 heterocycles. The first-order chi connectivity index (χ1) is 8.99. The molecule has 0 saturated heterocycles. The van der Waals surface area contributed by atoms with Crippen LogP contribution in [0.15, 0.2) is 18.2 Å². The van der Waals surface area contributed by atoms with Gasteiger partial charge in [-0.25, -0.2) is 9.07 Å². The quantitative estimate of drug-likeness (QED) is 0.846. The van der Waals surface area contributed by atoms with Gasteiger partial charge in [0.2, 0.25) is 0 Å². The molecule has 2 aromatic rings. The van der Waals surface area contributed by atoms with Crippen LogP contribution in [-0.4, -0.2) is 36.4 Å². The predicted molar refractivity (Wildman–Crippen MR) is 71.3 cm³/mol. The van der Waals surface area contributed by atoms with Gasteiger partial charge >= 0.3 is 0 Å². The average molecular weight is 283 g/mol. The van der Waals surface area contributed by atoms with Gasteiger partial charge in [0, 0.05) is 28.4 Å². The topological polar surface area (TPSA) is 86.7 Å². The van der Waals surface area contributed by atoms with E-state index >= 15 is 0 Å². The van der Waals surface area contributed by atoms with Crippen molar-refractivity contribution in [2.45, 2.75) is 13.0 Å². The lowest BCUT2D eigenvalue weighted by molar-refractivity contribution is 0.521. The molecule has 0 radical (unpaired) electrons. The molecule has 0 amide bonds. The summed E-state index contributed by atoms with van der Waals surface area (Å²) >= 11 is 0. The van der Waals surface area contributed by atoms with Gasteiger partial charge in [-0.15, -0.1) is 5.10 Å². The summed E-state index contributed by atoms with van der Waals surface area (Å²) < 4.78 is 26.0. The van der Waals surface area contributed by atoms with Gasteiger partial charge in [0.25, 0.3) is 0 Å². The summed E-state index contributed by atoms with van der Waals surface area (Å²) in [6.45, 7) is 1.87. The number of aromatic nitrogens is 4. The lowest BCUT2D eigenvalue weighted by Gasteiger charge is -2.12. The van der Waals surface area contributed by atoms with E-state index in [4.69, 9.17) is 5.73 Å². The standard InChI is InChI=1S/C11H14FN5OS/c1-7(6-19(2)18)17-11(14-15-16-17)8-3-4-9(12)10(13)5-8/h3-5,7H,6,13H2,1-2H3. The van der Waals surface area contributed by atoms with E-state index < -0.39 is 16.6 Å². The number of hydrogen-bond donors (Lipinski definition) is 1. The number of benzene rings is 1. The minimum absolute atomic E-state index is 0.0405. The second kappa shape index (κ2) is 5.43. The van der Waals surface area contributed by atoms with Crippen molar-refractivity contribution >= 4 is 16.5 Å². The van der Waals surface area contributed by atoms with Gasteiger partial charge in [0.15, 0.2) is 5.82 Å². The largest absolute Gasteiger partial charge is 0.396 e. The van der Waals surface area contributed by atoms with Crippen LogP contribution in [0.3, 0.4) is 0 Å². The molecule has 0 aliphatic rings. The molecule has 0 fully saturated rings. The highest BCUT2D eigenvalue weighted by atomic mass is 32.2. The van der Waals surface area contributed by atoms with Crippen LogP contribution in [0.1, 0.15) is 13.0 Å². The molecule has 1 aromatic carbocycles. The average Bonchev–Trinajstić information content (AvgIpc) is 2.81. The van der Waals surface area contributed by atoms with E-state index in [1.165, 1.54) is 12.1 Å². The van der Waals surface area contributed by atoms with Crippen LogP contribution in [0.5, 0.6) is 0 Å². The number of nitrogen functional groups attached to an aromatic ring is 1. The normalized spacial score (nSPS) is 14.3. The molecule has 0 aliphatic carbocycles. The molecule has 0 bridgehead atoms. The Balaban J connectivity index is 2.38. The highest BCUT2D eigenvalue weighted by molar-refractivity contribution is 7.84. The van der Waals surface area contributed by atoms with Gasteiger partial charge in [-0.05, 0) is 35.5 Å². The third kappa shape index (κ3) is 2.95. The summed E-state index contributed by atoms with van der Waals surface area (Å²) in [5.41, 5.74) is 6.20. The van der Waals surface area contributed by atoms with Crippen LogP contribution in [-0.2, 0) is 10.8 Å². The Kier molecular flexibility index (Phi) is 3.89. The van der Waals surface area contributed by atoms with E-state index in [1.807, 2.05) is 6.92 Å². The highest BCUT2D eigenvalue weighted by Gasteiger charge is 2.16. The Bertz CT molecular complexity index is 615. The number of nitrogens with two attached hydrogens (primary N) is 1. The SMILES string of the molecule is CC(CS(C)=O)n1nnnc1-c1ccc(F)c(N)c1. The number of rotatable bonds is 4. The maximum atomic E-state index is 13.1. The van der Waals surface area contributed by atoms with Crippen LogP contribution in [0.2, 0.25) is 0 Å². The van der Waals surface area contributed by atoms with E-state index in [2.05, 4.69) is 15.5 Å². The van der Waals surface area contributed by atoms with E-state index in [-0.39, 0.29) is 11.7 Å². The molecule has 2 rings (SSSR count). The van der Waals surface area contributed by atoms with Crippen LogP contribution in [0, 0.1) is 5.82 Å². The molecule has 0 aliphatic heterocycles. The second-order valence-corrected chi connectivity index (χ2v) is 5.75. The van der Waals surface area contributed by atoms with Gasteiger partial charge in [0.05, 0.1) is 11.7 Å². The van der Waals surface area contributed by atoms with Crippen LogP contribution in [0.25, 0.3) is 11.4 Å². The molecule has 1 aromatic heterocycles. The molecule has 8 heteroatoms. The number of anilines is 1. The molecular weight excluding hydrogens is 269 g/mol. The molecule has 0 spiro atoms. The van der Waals surface area contributed by atoms with Gasteiger partial charge in [-0.1, -0.05) is 0 Å². The maximum Gasteiger partial charge on any atom is 0.182 e. The lowest BCUT2D eigenvalue weighted by atomic mass is 10.2. The van der Waals surface area contributed by atoms with Gasteiger partial charge in [0.1, 0.15) is 5.82 Å². The van der Waals surface area contributed by atoms with Crippen molar-refractivity contribution in [1.29, 1.82) is 0 Å². The molecule has 19 heavy (non-hydrogen) atoms. The summed E-state index contributed by atoms with van der Waals surface area (Å²) in [5, 5.41) is 11.4. The zero-order chi connectivity index (χ0) is 14.0. The van der Waals surface area contributed by atoms with Gasteiger partial charge in [-0.2, -0.15) is 0 Å². The highest BCUT2D eigenvalue weighted by Crippen LogP contribution is 2.23. The van der Waals surface area contributed by atoms with Crippen LogP contribution < -0.4 is 5.73 Å². The fraction of sp³-hybridized carbons (Fsp3) is 0.364. The second-order valence-electron chi connectivity index (χ2n) is 4.27. The zero-order valence-electron chi connectivity index (χ0n) is 10.6. The smallest absolute Gasteiger partial charge is 0.182 e. The van der Waals surface area contributed by atoms with E-state index in [0.717, 1.165) is 0 Å². The van der Waals surface area contributed by atoms with Crippen molar-refractivity contribution < 1.29 is 8.60 Å². The Morgan fingerprint density at radius 3 is 2.89 bits per heavy atom.